The first-order valence-electron chi connectivity index (χ1n) is 5.96. The zero-order valence-electron chi connectivity index (χ0n) is 10.9. The molecule has 0 fully saturated rings. The standard InChI is InChI=1S/C15H10Cl2F3N/c1-9(11-8-10(16)6-7-13(11)17)21-14-5-3-2-4-12(14)15(18,19)20/h2-8H,1H3. The van der Waals surface area contributed by atoms with Gasteiger partial charge in [0.25, 0.3) is 0 Å². The minimum Gasteiger partial charge on any atom is -0.252 e. The van der Waals surface area contributed by atoms with E-state index in [0.717, 1.165) is 6.07 Å². The highest BCUT2D eigenvalue weighted by molar-refractivity contribution is 6.36. The van der Waals surface area contributed by atoms with Crippen molar-refractivity contribution in [2.75, 3.05) is 0 Å². The summed E-state index contributed by atoms with van der Waals surface area (Å²) in [5, 5.41) is 0.818. The molecule has 0 saturated heterocycles. The third kappa shape index (κ3) is 3.77. The topological polar surface area (TPSA) is 12.4 Å². The molecule has 6 heteroatoms. The van der Waals surface area contributed by atoms with Crippen molar-refractivity contribution in [2.24, 2.45) is 4.99 Å². The molecule has 0 radical (unpaired) electrons. The summed E-state index contributed by atoms with van der Waals surface area (Å²) in [6, 6.07) is 9.87. The summed E-state index contributed by atoms with van der Waals surface area (Å²) in [5.41, 5.74) is -0.0820. The van der Waals surface area contributed by atoms with Crippen molar-refractivity contribution in [1.29, 1.82) is 0 Å². The molecule has 110 valence electrons. The molecule has 0 saturated carbocycles. The average molecular weight is 332 g/mol. The number of hydrogen-bond donors (Lipinski definition) is 0. The first-order valence-corrected chi connectivity index (χ1v) is 6.71. The molecule has 0 aliphatic heterocycles. The molecule has 2 aromatic carbocycles. The molecule has 2 rings (SSSR count). The molecule has 0 amide bonds. The van der Waals surface area contributed by atoms with Crippen LogP contribution in [0.25, 0.3) is 0 Å². The molecule has 0 bridgehead atoms. The van der Waals surface area contributed by atoms with Crippen LogP contribution in [0, 0.1) is 0 Å². The molecule has 0 aliphatic rings. The summed E-state index contributed by atoms with van der Waals surface area (Å²) >= 11 is 11.9. The number of rotatable bonds is 2. The Morgan fingerprint density at radius 3 is 2.38 bits per heavy atom. The van der Waals surface area contributed by atoms with Crippen LogP contribution in [0.5, 0.6) is 0 Å². The lowest BCUT2D eigenvalue weighted by Crippen LogP contribution is -2.05. The van der Waals surface area contributed by atoms with Crippen molar-refractivity contribution in [2.45, 2.75) is 13.1 Å². The second-order valence-corrected chi connectivity index (χ2v) is 5.18. The van der Waals surface area contributed by atoms with Gasteiger partial charge < -0.3 is 0 Å². The molecule has 0 N–H and O–H groups in total. The Kier molecular flexibility index (Phi) is 4.59. The predicted molar refractivity (Wildman–Crippen MR) is 79.8 cm³/mol. The summed E-state index contributed by atoms with van der Waals surface area (Å²) in [6.07, 6.45) is -4.46. The molecule has 0 spiro atoms. The van der Waals surface area contributed by atoms with Crippen LogP contribution in [0.15, 0.2) is 47.5 Å². The zero-order valence-corrected chi connectivity index (χ0v) is 12.4. The number of halogens is 5. The quantitative estimate of drug-likeness (QED) is 0.585. The van der Waals surface area contributed by atoms with E-state index in [1.807, 2.05) is 0 Å². The normalized spacial score (nSPS) is 12.6. The number of nitrogens with zero attached hydrogens (tertiary/aromatic N) is 1. The second kappa shape index (κ2) is 6.08. The van der Waals surface area contributed by atoms with E-state index in [9.17, 15) is 13.2 Å². The number of benzene rings is 2. The van der Waals surface area contributed by atoms with Crippen LogP contribution >= 0.6 is 23.2 Å². The van der Waals surface area contributed by atoms with E-state index in [2.05, 4.69) is 4.99 Å². The molecule has 1 nitrogen and oxygen atoms in total. The Labute approximate surface area is 130 Å². The van der Waals surface area contributed by atoms with Crippen molar-refractivity contribution in [3.8, 4) is 0 Å². The Hall–Kier alpha value is -1.52. The number of hydrogen-bond acceptors (Lipinski definition) is 1. The number of aliphatic imine (C=N–C) groups is 1. The predicted octanol–water partition coefficient (Wildman–Crippen LogP) is 6.15. The van der Waals surface area contributed by atoms with Crippen molar-refractivity contribution in [1.82, 2.24) is 0 Å². The van der Waals surface area contributed by atoms with Gasteiger partial charge in [0.05, 0.1) is 11.3 Å². The fourth-order valence-electron chi connectivity index (χ4n) is 1.83. The lowest BCUT2D eigenvalue weighted by Gasteiger charge is -2.11. The van der Waals surface area contributed by atoms with Gasteiger partial charge in [0.1, 0.15) is 0 Å². The van der Waals surface area contributed by atoms with Gasteiger partial charge in [-0.25, -0.2) is 0 Å². The van der Waals surface area contributed by atoms with Crippen LogP contribution in [0.4, 0.5) is 18.9 Å². The Morgan fingerprint density at radius 1 is 1.05 bits per heavy atom. The van der Waals surface area contributed by atoms with Crippen LogP contribution in [0.3, 0.4) is 0 Å². The first-order chi connectivity index (χ1) is 9.79. The van der Waals surface area contributed by atoms with Gasteiger partial charge in [-0.15, -0.1) is 0 Å². The summed E-state index contributed by atoms with van der Waals surface area (Å²) in [4.78, 5) is 4.05. The summed E-state index contributed by atoms with van der Waals surface area (Å²) < 4.78 is 38.8. The first kappa shape index (κ1) is 15.9. The lowest BCUT2D eigenvalue weighted by atomic mass is 10.1. The maximum atomic E-state index is 12.9. The van der Waals surface area contributed by atoms with Gasteiger partial charge in [-0.3, -0.25) is 4.99 Å². The van der Waals surface area contributed by atoms with Gasteiger partial charge in [0, 0.05) is 21.3 Å². The Bertz CT molecular complexity index is 694. The summed E-state index contributed by atoms with van der Waals surface area (Å²) in [7, 11) is 0. The van der Waals surface area contributed by atoms with Crippen LogP contribution in [0.1, 0.15) is 18.1 Å². The van der Waals surface area contributed by atoms with Gasteiger partial charge >= 0.3 is 6.18 Å². The van der Waals surface area contributed by atoms with Gasteiger partial charge in [-0.05, 0) is 37.3 Å². The van der Waals surface area contributed by atoms with Crippen LogP contribution in [-0.4, -0.2) is 5.71 Å². The third-order valence-corrected chi connectivity index (χ3v) is 3.38. The lowest BCUT2D eigenvalue weighted by molar-refractivity contribution is -0.137. The van der Waals surface area contributed by atoms with Crippen molar-refractivity contribution >= 4 is 34.6 Å². The van der Waals surface area contributed by atoms with E-state index in [0.29, 0.717) is 21.3 Å². The van der Waals surface area contributed by atoms with E-state index < -0.39 is 11.7 Å². The minimum atomic E-state index is -4.46. The average Bonchev–Trinajstić information content (AvgIpc) is 2.41. The summed E-state index contributed by atoms with van der Waals surface area (Å²) in [6.45, 7) is 1.59. The smallest absolute Gasteiger partial charge is 0.252 e. The van der Waals surface area contributed by atoms with Crippen molar-refractivity contribution < 1.29 is 13.2 Å². The molecule has 0 aliphatic carbocycles. The maximum absolute atomic E-state index is 12.9. The molecule has 0 aromatic heterocycles. The fourth-order valence-corrected chi connectivity index (χ4v) is 2.25. The van der Waals surface area contributed by atoms with E-state index in [1.54, 1.807) is 25.1 Å². The van der Waals surface area contributed by atoms with E-state index in [4.69, 9.17) is 23.2 Å². The largest absolute Gasteiger partial charge is 0.418 e. The molecule has 21 heavy (non-hydrogen) atoms. The summed E-state index contributed by atoms with van der Waals surface area (Å²) in [5.74, 6) is 0. The van der Waals surface area contributed by atoms with Crippen LogP contribution < -0.4 is 0 Å². The van der Waals surface area contributed by atoms with Crippen molar-refractivity contribution in [3.63, 3.8) is 0 Å². The van der Waals surface area contributed by atoms with Crippen molar-refractivity contribution in [3.05, 3.63) is 63.6 Å². The Morgan fingerprint density at radius 2 is 1.71 bits per heavy atom. The monoisotopic (exact) mass is 331 g/mol. The van der Waals surface area contributed by atoms with E-state index in [1.165, 1.54) is 18.2 Å². The molecular formula is C15H10Cl2F3N. The molecule has 0 heterocycles. The Balaban J connectivity index is 2.52. The maximum Gasteiger partial charge on any atom is 0.418 e. The number of alkyl halides is 3. The third-order valence-electron chi connectivity index (χ3n) is 2.82. The second-order valence-electron chi connectivity index (χ2n) is 4.34. The van der Waals surface area contributed by atoms with Gasteiger partial charge in [0.2, 0.25) is 0 Å². The van der Waals surface area contributed by atoms with Crippen LogP contribution in [0.2, 0.25) is 10.0 Å². The highest BCUT2D eigenvalue weighted by Gasteiger charge is 2.33. The molecule has 2 aromatic rings. The number of para-hydroxylation sites is 1. The minimum absolute atomic E-state index is 0.154. The fraction of sp³-hybridized carbons (Fsp3) is 0.133. The highest BCUT2D eigenvalue weighted by atomic mass is 35.5. The van der Waals surface area contributed by atoms with E-state index >= 15 is 0 Å². The SMILES string of the molecule is CC(=Nc1ccccc1C(F)(F)F)c1cc(Cl)ccc1Cl. The van der Waals surface area contributed by atoms with Gasteiger partial charge in [-0.2, -0.15) is 13.2 Å². The van der Waals surface area contributed by atoms with Crippen LogP contribution in [-0.2, 0) is 6.18 Å². The molecular weight excluding hydrogens is 322 g/mol. The molecule has 0 unspecified atom stereocenters. The van der Waals surface area contributed by atoms with Gasteiger partial charge in [0.15, 0.2) is 0 Å². The zero-order chi connectivity index (χ0) is 15.6. The van der Waals surface area contributed by atoms with E-state index in [-0.39, 0.29) is 5.69 Å². The molecule has 0 atom stereocenters. The van der Waals surface area contributed by atoms with Gasteiger partial charge in [-0.1, -0.05) is 35.3 Å². The highest BCUT2D eigenvalue weighted by Crippen LogP contribution is 2.36.